The number of carbonyl (C=O) groups is 1. The summed E-state index contributed by atoms with van der Waals surface area (Å²) in [7, 11) is 0. The molecule has 19 heavy (non-hydrogen) atoms. The summed E-state index contributed by atoms with van der Waals surface area (Å²) < 4.78 is 0. The highest BCUT2D eigenvalue weighted by Crippen LogP contribution is 2.37. The smallest absolute Gasteiger partial charge is 0.253 e. The summed E-state index contributed by atoms with van der Waals surface area (Å²) in [6, 6.07) is 7.87. The van der Waals surface area contributed by atoms with Gasteiger partial charge in [0.15, 0.2) is 0 Å². The molecule has 0 heterocycles. The Morgan fingerprint density at radius 3 is 2.05 bits per heavy atom. The van der Waals surface area contributed by atoms with E-state index in [9.17, 15) is 4.79 Å². The second-order valence-electron chi connectivity index (χ2n) is 3.71. The van der Waals surface area contributed by atoms with Gasteiger partial charge < -0.3 is 0 Å². The Bertz CT molecular complexity index is 666. The number of halogens is 5. The predicted octanol–water partition coefficient (Wildman–Crippen LogP) is 6.35. The average Bonchev–Trinajstić information content (AvgIpc) is 2.34. The molecule has 0 amide bonds. The molecule has 2 aromatic carbocycles. The largest absolute Gasteiger partial charge is 0.276 e. The molecule has 0 radical (unpaired) electrons. The van der Waals surface area contributed by atoms with Crippen molar-refractivity contribution in [1.29, 1.82) is 0 Å². The Labute approximate surface area is 135 Å². The van der Waals surface area contributed by atoms with E-state index in [0.717, 1.165) is 0 Å². The number of rotatable bonds is 2. The quantitative estimate of drug-likeness (QED) is 0.454. The van der Waals surface area contributed by atoms with Crippen molar-refractivity contribution >= 4 is 63.2 Å². The van der Waals surface area contributed by atoms with Gasteiger partial charge in [0.25, 0.3) is 5.24 Å². The van der Waals surface area contributed by atoms with Crippen LogP contribution in [0.1, 0.15) is 10.4 Å². The Kier molecular flexibility index (Phi) is 4.65. The molecule has 0 aromatic heterocycles. The van der Waals surface area contributed by atoms with Crippen molar-refractivity contribution < 1.29 is 4.79 Å². The van der Waals surface area contributed by atoms with E-state index < -0.39 is 5.24 Å². The maximum atomic E-state index is 11.5. The third kappa shape index (κ3) is 3.18. The van der Waals surface area contributed by atoms with Crippen LogP contribution in [-0.4, -0.2) is 5.24 Å². The standard InChI is InChI=1S/C13H5Cl5O/c14-6-1-2-7(9(3-6)13(18)19)8-4-11(16)12(17)5-10(8)15/h1-5H. The highest BCUT2D eigenvalue weighted by atomic mass is 35.5. The van der Waals surface area contributed by atoms with E-state index in [0.29, 0.717) is 31.2 Å². The highest BCUT2D eigenvalue weighted by molar-refractivity contribution is 6.68. The first-order valence-corrected chi connectivity index (χ1v) is 6.93. The molecule has 0 atom stereocenters. The molecule has 98 valence electrons. The zero-order chi connectivity index (χ0) is 14.2. The van der Waals surface area contributed by atoms with Crippen molar-refractivity contribution in [1.82, 2.24) is 0 Å². The minimum atomic E-state index is -0.625. The lowest BCUT2D eigenvalue weighted by Crippen LogP contribution is -1.94. The molecule has 0 saturated carbocycles. The maximum Gasteiger partial charge on any atom is 0.253 e. The van der Waals surface area contributed by atoms with E-state index in [1.807, 2.05) is 0 Å². The van der Waals surface area contributed by atoms with Crippen LogP contribution < -0.4 is 0 Å². The number of benzene rings is 2. The van der Waals surface area contributed by atoms with Gasteiger partial charge in [-0.2, -0.15) is 0 Å². The minimum absolute atomic E-state index is 0.259. The predicted molar refractivity (Wildman–Crippen MR) is 82.1 cm³/mol. The first-order chi connectivity index (χ1) is 8.90. The van der Waals surface area contributed by atoms with Crippen LogP contribution in [-0.2, 0) is 0 Å². The van der Waals surface area contributed by atoms with E-state index in [-0.39, 0.29) is 5.56 Å². The molecule has 2 rings (SSSR count). The molecule has 0 bridgehead atoms. The molecule has 0 unspecified atom stereocenters. The first kappa shape index (κ1) is 15.0. The van der Waals surface area contributed by atoms with Crippen molar-refractivity contribution in [2.24, 2.45) is 0 Å². The van der Waals surface area contributed by atoms with Gasteiger partial charge in [0.2, 0.25) is 0 Å². The van der Waals surface area contributed by atoms with Crippen LogP contribution >= 0.6 is 58.0 Å². The van der Waals surface area contributed by atoms with Gasteiger partial charge in [0, 0.05) is 16.1 Å². The molecule has 2 aromatic rings. The molecule has 6 heteroatoms. The fourth-order valence-electron chi connectivity index (χ4n) is 1.64. The second-order valence-corrected chi connectivity index (χ2v) is 5.71. The van der Waals surface area contributed by atoms with E-state index in [1.54, 1.807) is 18.2 Å². The Morgan fingerprint density at radius 1 is 0.789 bits per heavy atom. The first-order valence-electron chi connectivity index (χ1n) is 5.04. The van der Waals surface area contributed by atoms with Crippen molar-refractivity contribution in [3.63, 3.8) is 0 Å². The van der Waals surface area contributed by atoms with Crippen LogP contribution in [0.2, 0.25) is 20.1 Å². The lowest BCUT2D eigenvalue weighted by atomic mass is 10.0. The van der Waals surface area contributed by atoms with E-state index in [2.05, 4.69) is 0 Å². The number of hydrogen-bond donors (Lipinski definition) is 0. The average molecular weight is 354 g/mol. The van der Waals surface area contributed by atoms with Gasteiger partial charge in [-0.15, -0.1) is 0 Å². The zero-order valence-electron chi connectivity index (χ0n) is 9.18. The lowest BCUT2D eigenvalue weighted by Gasteiger charge is -2.10. The third-order valence-electron chi connectivity index (χ3n) is 2.49. The third-order valence-corrected chi connectivity index (χ3v) is 3.97. The van der Waals surface area contributed by atoms with Gasteiger partial charge in [-0.25, -0.2) is 0 Å². The number of hydrogen-bond acceptors (Lipinski definition) is 1. The van der Waals surface area contributed by atoms with Crippen LogP contribution in [0, 0.1) is 0 Å². The topological polar surface area (TPSA) is 17.1 Å². The van der Waals surface area contributed by atoms with E-state index in [4.69, 9.17) is 58.0 Å². The number of carbonyl (C=O) groups excluding carboxylic acids is 1. The van der Waals surface area contributed by atoms with E-state index in [1.165, 1.54) is 12.1 Å². The Hall–Kier alpha value is -0.440. The van der Waals surface area contributed by atoms with Crippen LogP contribution in [0.3, 0.4) is 0 Å². The summed E-state index contributed by atoms with van der Waals surface area (Å²) in [5.74, 6) is 0. The lowest BCUT2D eigenvalue weighted by molar-refractivity contribution is 0.108. The fraction of sp³-hybridized carbons (Fsp3) is 0. The molecule has 0 saturated heterocycles. The Balaban J connectivity index is 2.72. The summed E-state index contributed by atoms with van der Waals surface area (Å²) >= 11 is 29.4. The molecule has 0 spiro atoms. The monoisotopic (exact) mass is 352 g/mol. The van der Waals surface area contributed by atoms with Gasteiger partial charge in [-0.3, -0.25) is 4.79 Å². The maximum absolute atomic E-state index is 11.5. The zero-order valence-corrected chi connectivity index (χ0v) is 13.0. The summed E-state index contributed by atoms with van der Waals surface area (Å²) in [6.07, 6.45) is 0. The van der Waals surface area contributed by atoms with Gasteiger partial charge in [-0.05, 0) is 41.4 Å². The Morgan fingerprint density at radius 2 is 1.42 bits per heavy atom. The van der Waals surface area contributed by atoms with Crippen LogP contribution in [0.4, 0.5) is 0 Å². The fourth-order valence-corrected chi connectivity index (χ4v) is 2.62. The van der Waals surface area contributed by atoms with Crippen molar-refractivity contribution in [2.75, 3.05) is 0 Å². The summed E-state index contributed by atoms with van der Waals surface area (Å²) in [5.41, 5.74) is 1.37. The van der Waals surface area contributed by atoms with Crippen LogP contribution in [0.15, 0.2) is 30.3 Å². The van der Waals surface area contributed by atoms with Gasteiger partial charge in [0.05, 0.1) is 15.1 Å². The van der Waals surface area contributed by atoms with Gasteiger partial charge in [-0.1, -0.05) is 52.5 Å². The normalized spacial score (nSPS) is 10.6. The van der Waals surface area contributed by atoms with Crippen molar-refractivity contribution in [3.05, 3.63) is 56.0 Å². The molecular weight excluding hydrogens is 349 g/mol. The molecule has 0 N–H and O–H groups in total. The highest BCUT2D eigenvalue weighted by Gasteiger charge is 2.15. The molecule has 0 aliphatic rings. The van der Waals surface area contributed by atoms with Crippen LogP contribution in [0.5, 0.6) is 0 Å². The molecule has 1 nitrogen and oxygen atoms in total. The summed E-state index contributed by atoms with van der Waals surface area (Å²) in [6.45, 7) is 0. The van der Waals surface area contributed by atoms with Gasteiger partial charge in [0.1, 0.15) is 0 Å². The summed E-state index contributed by atoms with van der Waals surface area (Å²) in [5, 5.41) is 0.826. The second kappa shape index (κ2) is 5.90. The molecule has 0 aliphatic heterocycles. The molecule has 0 aliphatic carbocycles. The van der Waals surface area contributed by atoms with E-state index >= 15 is 0 Å². The van der Waals surface area contributed by atoms with Crippen LogP contribution in [0.25, 0.3) is 11.1 Å². The molecule has 0 fully saturated rings. The SMILES string of the molecule is O=C(Cl)c1cc(Cl)ccc1-c1cc(Cl)c(Cl)cc1Cl. The molecular formula is C13H5Cl5O. The summed E-state index contributed by atoms with van der Waals surface area (Å²) in [4.78, 5) is 11.5. The minimum Gasteiger partial charge on any atom is -0.276 e. The van der Waals surface area contributed by atoms with Crippen molar-refractivity contribution in [2.45, 2.75) is 0 Å². The van der Waals surface area contributed by atoms with Crippen molar-refractivity contribution in [3.8, 4) is 11.1 Å². The van der Waals surface area contributed by atoms with Gasteiger partial charge >= 0.3 is 0 Å².